The van der Waals surface area contributed by atoms with E-state index in [1.165, 1.54) is 18.4 Å². The topological polar surface area (TPSA) is 70.5 Å². The summed E-state index contributed by atoms with van der Waals surface area (Å²) in [6.07, 6.45) is 4.55. The molecule has 4 nitrogen and oxygen atoms in total. The summed E-state index contributed by atoms with van der Waals surface area (Å²) < 4.78 is 11.5. The van der Waals surface area contributed by atoms with Gasteiger partial charge in [0.15, 0.2) is 0 Å². The van der Waals surface area contributed by atoms with E-state index in [2.05, 4.69) is 19.1 Å². The van der Waals surface area contributed by atoms with E-state index in [1.54, 1.807) is 0 Å². The van der Waals surface area contributed by atoms with Crippen LogP contribution in [0.15, 0.2) is 18.2 Å². The van der Waals surface area contributed by atoms with Crippen molar-refractivity contribution < 1.29 is 9.47 Å². The van der Waals surface area contributed by atoms with Crippen molar-refractivity contribution in [3.8, 4) is 5.75 Å². The normalized spacial score (nSPS) is 16.0. The predicted molar refractivity (Wildman–Crippen MR) is 85.5 cm³/mol. The number of rotatable bonds is 10. The summed E-state index contributed by atoms with van der Waals surface area (Å²) in [6.45, 7) is 4.89. The number of hydrogen-bond acceptors (Lipinski definition) is 4. The molecule has 1 unspecified atom stereocenters. The molecule has 0 aromatic heterocycles. The third kappa shape index (κ3) is 5.30. The molecule has 4 N–H and O–H groups in total. The number of nitrogens with two attached hydrogens (primary N) is 2. The Morgan fingerprint density at radius 1 is 1.29 bits per heavy atom. The van der Waals surface area contributed by atoms with Crippen LogP contribution in [0.5, 0.6) is 5.75 Å². The third-order valence-electron chi connectivity index (χ3n) is 3.77. The Morgan fingerprint density at radius 3 is 2.76 bits per heavy atom. The lowest BCUT2D eigenvalue weighted by atomic mass is 10.0. The van der Waals surface area contributed by atoms with Crippen LogP contribution in [0.2, 0.25) is 0 Å². The van der Waals surface area contributed by atoms with Gasteiger partial charge < -0.3 is 20.9 Å². The van der Waals surface area contributed by atoms with Crippen molar-refractivity contribution >= 4 is 0 Å². The van der Waals surface area contributed by atoms with Crippen molar-refractivity contribution in [2.75, 3.05) is 26.4 Å². The highest BCUT2D eigenvalue weighted by Gasteiger charge is 2.21. The second-order valence-electron chi connectivity index (χ2n) is 5.83. The Hall–Kier alpha value is -1.10. The molecule has 1 atom stereocenters. The summed E-state index contributed by atoms with van der Waals surface area (Å²) in [5.41, 5.74) is 14.0. The van der Waals surface area contributed by atoms with E-state index in [4.69, 9.17) is 20.9 Å². The zero-order valence-corrected chi connectivity index (χ0v) is 13.0. The lowest BCUT2D eigenvalue weighted by Gasteiger charge is -2.17. The fraction of sp³-hybridized carbons (Fsp3) is 0.647. The van der Waals surface area contributed by atoms with Gasteiger partial charge in [-0.3, -0.25) is 0 Å². The van der Waals surface area contributed by atoms with Crippen LogP contribution in [0, 0.1) is 5.92 Å². The minimum Gasteiger partial charge on any atom is -0.493 e. The second-order valence-corrected chi connectivity index (χ2v) is 5.83. The van der Waals surface area contributed by atoms with Crippen LogP contribution >= 0.6 is 0 Å². The molecule has 1 aliphatic rings. The molecule has 0 heterocycles. The van der Waals surface area contributed by atoms with Crippen molar-refractivity contribution in [1.82, 2.24) is 0 Å². The first-order valence-electron chi connectivity index (χ1n) is 8.03. The Bertz CT molecular complexity index is 433. The predicted octanol–water partition coefficient (Wildman–Crippen LogP) is 2.40. The van der Waals surface area contributed by atoms with Crippen LogP contribution < -0.4 is 16.2 Å². The SMILES string of the molecule is CCCOc1ccc(CCOCC2CC2)cc1C(N)CN. The fourth-order valence-electron chi connectivity index (χ4n) is 2.24. The van der Waals surface area contributed by atoms with E-state index in [1.807, 2.05) is 6.07 Å². The van der Waals surface area contributed by atoms with Crippen LogP contribution in [-0.2, 0) is 11.2 Å². The maximum atomic E-state index is 6.10. The smallest absolute Gasteiger partial charge is 0.124 e. The van der Waals surface area contributed by atoms with Crippen LogP contribution in [0.1, 0.15) is 43.4 Å². The first kappa shape index (κ1) is 16.3. The Kier molecular flexibility index (Phi) is 6.49. The first-order valence-corrected chi connectivity index (χ1v) is 8.03. The van der Waals surface area contributed by atoms with Crippen LogP contribution in [-0.4, -0.2) is 26.4 Å². The van der Waals surface area contributed by atoms with Gasteiger partial charge in [0.1, 0.15) is 5.75 Å². The molecular weight excluding hydrogens is 264 g/mol. The van der Waals surface area contributed by atoms with E-state index in [0.717, 1.165) is 43.3 Å². The van der Waals surface area contributed by atoms with E-state index < -0.39 is 0 Å². The monoisotopic (exact) mass is 292 g/mol. The minimum absolute atomic E-state index is 0.177. The molecule has 1 saturated carbocycles. The lowest BCUT2D eigenvalue weighted by Crippen LogP contribution is -2.22. The minimum atomic E-state index is -0.177. The van der Waals surface area contributed by atoms with Crippen LogP contribution in [0.25, 0.3) is 0 Å². The van der Waals surface area contributed by atoms with Gasteiger partial charge in [0, 0.05) is 24.8 Å². The third-order valence-corrected chi connectivity index (χ3v) is 3.77. The summed E-state index contributed by atoms with van der Waals surface area (Å²) in [5.74, 6) is 1.67. The van der Waals surface area contributed by atoms with Crippen molar-refractivity contribution in [3.63, 3.8) is 0 Å². The number of benzene rings is 1. The highest BCUT2D eigenvalue weighted by Crippen LogP contribution is 2.29. The molecule has 1 aromatic rings. The van der Waals surface area contributed by atoms with E-state index in [0.29, 0.717) is 13.2 Å². The Morgan fingerprint density at radius 2 is 2.10 bits per heavy atom. The van der Waals surface area contributed by atoms with Crippen molar-refractivity contribution in [3.05, 3.63) is 29.3 Å². The maximum absolute atomic E-state index is 6.10. The molecule has 0 amide bonds. The number of ether oxygens (including phenoxy) is 2. The largest absolute Gasteiger partial charge is 0.493 e. The lowest BCUT2D eigenvalue weighted by molar-refractivity contribution is 0.127. The maximum Gasteiger partial charge on any atom is 0.124 e. The molecule has 1 aliphatic carbocycles. The first-order chi connectivity index (χ1) is 10.2. The van der Waals surface area contributed by atoms with Crippen molar-refractivity contribution in [2.45, 2.75) is 38.6 Å². The average Bonchev–Trinajstić information content (AvgIpc) is 3.33. The zero-order valence-electron chi connectivity index (χ0n) is 13.0. The molecule has 0 spiro atoms. The van der Waals surface area contributed by atoms with E-state index in [9.17, 15) is 0 Å². The Balaban J connectivity index is 1.93. The summed E-state index contributed by atoms with van der Waals surface area (Å²) in [4.78, 5) is 0. The van der Waals surface area contributed by atoms with E-state index >= 15 is 0 Å². The van der Waals surface area contributed by atoms with Gasteiger partial charge in [-0.25, -0.2) is 0 Å². The van der Waals surface area contributed by atoms with Gasteiger partial charge in [-0.05, 0) is 43.2 Å². The molecule has 0 saturated heterocycles. The summed E-state index contributed by atoms with van der Waals surface area (Å²) in [7, 11) is 0. The highest BCUT2D eigenvalue weighted by molar-refractivity contribution is 5.39. The molecule has 1 fully saturated rings. The molecule has 0 radical (unpaired) electrons. The molecule has 0 bridgehead atoms. The van der Waals surface area contributed by atoms with Gasteiger partial charge in [0.05, 0.1) is 13.2 Å². The average molecular weight is 292 g/mol. The fourth-order valence-corrected chi connectivity index (χ4v) is 2.24. The summed E-state index contributed by atoms with van der Waals surface area (Å²) in [6, 6.07) is 6.04. The van der Waals surface area contributed by atoms with Gasteiger partial charge in [-0.1, -0.05) is 19.1 Å². The van der Waals surface area contributed by atoms with Crippen molar-refractivity contribution in [2.24, 2.45) is 17.4 Å². The van der Waals surface area contributed by atoms with Crippen LogP contribution in [0.4, 0.5) is 0 Å². The molecule has 2 rings (SSSR count). The van der Waals surface area contributed by atoms with Gasteiger partial charge in [0.2, 0.25) is 0 Å². The molecule has 0 aliphatic heterocycles. The van der Waals surface area contributed by atoms with Gasteiger partial charge in [0.25, 0.3) is 0 Å². The highest BCUT2D eigenvalue weighted by atomic mass is 16.5. The molecular formula is C17H28N2O2. The quantitative estimate of drug-likeness (QED) is 0.650. The van der Waals surface area contributed by atoms with E-state index in [-0.39, 0.29) is 6.04 Å². The molecule has 118 valence electrons. The standard InChI is InChI=1S/C17H28N2O2/c1-2-8-21-17-6-5-13(10-15(17)16(19)11-18)7-9-20-12-14-3-4-14/h5-6,10,14,16H,2-4,7-9,11-12,18-19H2,1H3. The van der Waals surface area contributed by atoms with Crippen LogP contribution in [0.3, 0.4) is 0 Å². The molecule has 1 aromatic carbocycles. The summed E-state index contributed by atoms with van der Waals surface area (Å²) >= 11 is 0. The van der Waals surface area contributed by atoms with Gasteiger partial charge in [-0.15, -0.1) is 0 Å². The van der Waals surface area contributed by atoms with Crippen molar-refractivity contribution in [1.29, 1.82) is 0 Å². The second kappa shape index (κ2) is 8.37. The summed E-state index contributed by atoms with van der Waals surface area (Å²) in [5, 5.41) is 0. The molecule has 21 heavy (non-hydrogen) atoms. The number of hydrogen-bond donors (Lipinski definition) is 2. The zero-order chi connectivity index (χ0) is 15.1. The van der Waals surface area contributed by atoms with Gasteiger partial charge >= 0.3 is 0 Å². The van der Waals surface area contributed by atoms with Gasteiger partial charge in [-0.2, -0.15) is 0 Å². The molecule has 4 heteroatoms. The Labute approximate surface area is 127 Å².